The fraction of sp³-hybridized carbons (Fsp3) is 0.250. The van der Waals surface area contributed by atoms with Crippen molar-refractivity contribution >= 4 is 33.6 Å². The van der Waals surface area contributed by atoms with Crippen LogP contribution in [0.1, 0.15) is 6.92 Å². The van der Waals surface area contributed by atoms with Crippen LogP contribution in [-0.2, 0) is 6.54 Å². The number of halogens is 1. The molecule has 0 atom stereocenters. The highest BCUT2D eigenvalue weighted by molar-refractivity contribution is 14.1. The van der Waals surface area contributed by atoms with Gasteiger partial charge in [-0.2, -0.15) is 5.10 Å². The Morgan fingerprint density at radius 1 is 1.58 bits per heavy atom. The lowest BCUT2D eigenvalue weighted by molar-refractivity contribution is 0.667. The van der Waals surface area contributed by atoms with Crippen LogP contribution in [0.5, 0.6) is 0 Å². The first kappa shape index (κ1) is 7.97. The van der Waals surface area contributed by atoms with Gasteiger partial charge in [-0.15, -0.1) is 0 Å². The molecule has 0 aliphatic heterocycles. The lowest BCUT2D eigenvalue weighted by Gasteiger charge is -1.89. The number of aryl methyl sites for hydroxylation is 1. The van der Waals surface area contributed by atoms with Gasteiger partial charge in [0.25, 0.3) is 0 Å². The molecule has 2 aromatic rings. The fourth-order valence-corrected chi connectivity index (χ4v) is 1.64. The summed E-state index contributed by atoms with van der Waals surface area (Å²) >= 11 is 2.27. The average Bonchev–Trinajstić information content (AvgIpc) is 2.49. The van der Waals surface area contributed by atoms with Gasteiger partial charge in [-0.25, -0.2) is 0 Å². The third-order valence-electron chi connectivity index (χ3n) is 1.73. The lowest BCUT2D eigenvalue weighted by atomic mass is 10.4. The highest BCUT2D eigenvalue weighted by Gasteiger charge is 2.02. The van der Waals surface area contributed by atoms with Gasteiger partial charge < -0.3 is 0 Å². The monoisotopic (exact) mass is 273 g/mol. The van der Waals surface area contributed by atoms with Gasteiger partial charge in [-0.1, -0.05) is 0 Å². The molecule has 0 unspecified atom stereocenters. The van der Waals surface area contributed by atoms with E-state index in [1.807, 2.05) is 23.1 Å². The topological polar surface area (TPSA) is 30.7 Å². The molecule has 4 heteroatoms. The summed E-state index contributed by atoms with van der Waals surface area (Å²) < 4.78 is 3.06. The van der Waals surface area contributed by atoms with Crippen LogP contribution >= 0.6 is 22.6 Å². The molecule has 0 aliphatic rings. The second-order valence-electron chi connectivity index (χ2n) is 2.51. The molecule has 0 fully saturated rings. The summed E-state index contributed by atoms with van der Waals surface area (Å²) in [6.07, 6.45) is 3.78. The van der Waals surface area contributed by atoms with Crippen molar-refractivity contribution < 1.29 is 0 Å². The van der Waals surface area contributed by atoms with Crippen LogP contribution in [0.25, 0.3) is 11.0 Å². The van der Waals surface area contributed by atoms with Crippen LogP contribution in [0.3, 0.4) is 0 Å². The summed E-state index contributed by atoms with van der Waals surface area (Å²) in [5.41, 5.74) is 1.98. The Labute approximate surface area is 83.9 Å². The number of rotatable bonds is 1. The van der Waals surface area contributed by atoms with Crippen molar-refractivity contribution in [1.29, 1.82) is 0 Å². The summed E-state index contributed by atoms with van der Waals surface area (Å²) in [5, 5.41) is 4.38. The molecular weight excluding hydrogens is 265 g/mol. The zero-order valence-electron chi connectivity index (χ0n) is 6.66. The smallest absolute Gasteiger partial charge is 0.124 e. The number of fused-ring (bicyclic) bond motifs is 1. The number of nitrogens with zero attached hydrogens (tertiary/aromatic N) is 3. The van der Waals surface area contributed by atoms with E-state index in [9.17, 15) is 0 Å². The van der Waals surface area contributed by atoms with E-state index >= 15 is 0 Å². The summed E-state index contributed by atoms with van der Waals surface area (Å²) in [4.78, 5) is 4.22. The third kappa shape index (κ3) is 1.20. The zero-order chi connectivity index (χ0) is 8.55. The van der Waals surface area contributed by atoms with E-state index in [2.05, 4.69) is 39.6 Å². The third-order valence-corrected chi connectivity index (χ3v) is 2.60. The minimum Gasteiger partial charge on any atom is -0.270 e. The molecule has 0 bridgehead atoms. The van der Waals surface area contributed by atoms with Crippen LogP contribution in [-0.4, -0.2) is 14.8 Å². The molecule has 0 N–H and O–H groups in total. The predicted molar refractivity (Wildman–Crippen MR) is 55.9 cm³/mol. The first-order valence-corrected chi connectivity index (χ1v) is 4.87. The van der Waals surface area contributed by atoms with Crippen molar-refractivity contribution in [3.05, 3.63) is 22.0 Å². The van der Waals surface area contributed by atoms with Gasteiger partial charge in [0.05, 0.1) is 6.20 Å². The maximum absolute atomic E-state index is 4.38. The van der Waals surface area contributed by atoms with Crippen LogP contribution in [0, 0.1) is 3.57 Å². The van der Waals surface area contributed by atoms with E-state index in [1.54, 1.807) is 0 Å². The molecule has 3 nitrogen and oxygen atoms in total. The van der Waals surface area contributed by atoms with Gasteiger partial charge in [0.2, 0.25) is 0 Å². The van der Waals surface area contributed by atoms with Crippen LogP contribution in [0.15, 0.2) is 18.5 Å². The Bertz CT molecular complexity index is 408. The Balaban J connectivity index is 2.74. The standard InChI is InChI=1S/C8H8IN3/c1-2-12-5-7-8(11-12)6(9)3-4-10-7/h3-5H,2H2,1H3. The van der Waals surface area contributed by atoms with E-state index in [1.165, 1.54) is 0 Å². The molecule has 0 saturated carbocycles. The van der Waals surface area contributed by atoms with E-state index in [-0.39, 0.29) is 0 Å². The Morgan fingerprint density at radius 2 is 2.42 bits per heavy atom. The van der Waals surface area contributed by atoms with Gasteiger partial charge in [0, 0.05) is 16.3 Å². The first-order valence-electron chi connectivity index (χ1n) is 3.79. The summed E-state index contributed by atoms with van der Waals surface area (Å²) in [6, 6.07) is 1.97. The molecule has 2 aromatic heterocycles. The van der Waals surface area contributed by atoms with Crippen LogP contribution in [0.2, 0.25) is 0 Å². The molecule has 2 heterocycles. The van der Waals surface area contributed by atoms with E-state index in [0.717, 1.165) is 21.1 Å². The summed E-state index contributed by atoms with van der Waals surface area (Å²) in [6.45, 7) is 2.96. The molecule has 0 saturated heterocycles. The van der Waals surface area contributed by atoms with Gasteiger partial charge in [-0.3, -0.25) is 9.67 Å². The molecule has 0 radical (unpaired) electrons. The quantitative estimate of drug-likeness (QED) is 0.744. The number of hydrogen-bond acceptors (Lipinski definition) is 2. The maximum atomic E-state index is 4.38. The van der Waals surface area contributed by atoms with Crippen LogP contribution < -0.4 is 0 Å². The molecule has 0 amide bonds. The first-order chi connectivity index (χ1) is 5.81. The lowest BCUT2D eigenvalue weighted by Crippen LogP contribution is -1.92. The molecule has 0 spiro atoms. The van der Waals surface area contributed by atoms with Crippen molar-refractivity contribution in [1.82, 2.24) is 14.8 Å². The average molecular weight is 273 g/mol. The van der Waals surface area contributed by atoms with Crippen molar-refractivity contribution in [2.24, 2.45) is 0 Å². The Hall–Kier alpha value is -0.650. The van der Waals surface area contributed by atoms with Crippen molar-refractivity contribution in [3.8, 4) is 0 Å². The second kappa shape index (κ2) is 3.01. The normalized spacial score (nSPS) is 10.8. The van der Waals surface area contributed by atoms with Crippen LogP contribution in [0.4, 0.5) is 0 Å². The number of aromatic nitrogens is 3. The molecule has 2 rings (SSSR count). The SMILES string of the molecule is CCn1cc2nccc(I)c2n1. The van der Waals surface area contributed by atoms with Crippen molar-refractivity contribution in [3.63, 3.8) is 0 Å². The maximum Gasteiger partial charge on any atom is 0.124 e. The molecular formula is C8H8IN3. The van der Waals surface area contributed by atoms with Gasteiger partial charge >= 0.3 is 0 Å². The van der Waals surface area contributed by atoms with Crippen molar-refractivity contribution in [2.45, 2.75) is 13.5 Å². The minimum atomic E-state index is 0.895. The summed E-state index contributed by atoms with van der Waals surface area (Å²) in [5.74, 6) is 0. The molecule has 0 aliphatic carbocycles. The molecule has 62 valence electrons. The summed E-state index contributed by atoms with van der Waals surface area (Å²) in [7, 11) is 0. The molecule has 0 aromatic carbocycles. The zero-order valence-corrected chi connectivity index (χ0v) is 8.82. The van der Waals surface area contributed by atoms with Gasteiger partial charge in [-0.05, 0) is 35.6 Å². The van der Waals surface area contributed by atoms with Gasteiger partial charge in [0.1, 0.15) is 11.0 Å². The number of pyridine rings is 1. The molecule has 12 heavy (non-hydrogen) atoms. The van der Waals surface area contributed by atoms with E-state index < -0.39 is 0 Å². The Kier molecular flexibility index (Phi) is 2.00. The largest absolute Gasteiger partial charge is 0.270 e. The fourth-order valence-electron chi connectivity index (χ4n) is 1.10. The highest BCUT2D eigenvalue weighted by atomic mass is 127. The van der Waals surface area contributed by atoms with E-state index in [4.69, 9.17) is 0 Å². The van der Waals surface area contributed by atoms with E-state index in [0.29, 0.717) is 0 Å². The Morgan fingerprint density at radius 3 is 3.08 bits per heavy atom. The van der Waals surface area contributed by atoms with Crippen molar-refractivity contribution in [2.75, 3.05) is 0 Å². The minimum absolute atomic E-state index is 0.895. The highest BCUT2D eigenvalue weighted by Crippen LogP contribution is 2.15. The predicted octanol–water partition coefficient (Wildman–Crippen LogP) is 2.06. The van der Waals surface area contributed by atoms with Gasteiger partial charge in [0.15, 0.2) is 0 Å². The second-order valence-corrected chi connectivity index (χ2v) is 3.67. The number of hydrogen-bond donors (Lipinski definition) is 0.